The molecular formula is C14H21N3O4. The second-order valence-electron chi connectivity index (χ2n) is 6.05. The summed E-state index contributed by atoms with van der Waals surface area (Å²) in [7, 11) is 1.73. The molecule has 7 nitrogen and oxygen atoms in total. The summed E-state index contributed by atoms with van der Waals surface area (Å²) in [5.74, 6) is -0.172. The molecule has 2 rings (SSSR count). The number of carbonyl (C=O) groups is 1. The van der Waals surface area contributed by atoms with E-state index in [1.807, 2.05) is 13.8 Å². The lowest BCUT2D eigenvalue weighted by atomic mass is 9.93. The van der Waals surface area contributed by atoms with Crippen molar-refractivity contribution >= 4 is 5.91 Å². The van der Waals surface area contributed by atoms with Gasteiger partial charge in [0.15, 0.2) is 0 Å². The van der Waals surface area contributed by atoms with Crippen molar-refractivity contribution in [3.63, 3.8) is 0 Å². The number of nitrogens with one attached hydrogen (secondary N) is 2. The molecule has 0 aromatic carbocycles. The lowest BCUT2D eigenvalue weighted by Gasteiger charge is -2.39. The molecule has 1 aliphatic rings. The molecule has 0 saturated carbocycles. The number of hydrogen-bond acceptors (Lipinski definition) is 4. The first kappa shape index (κ1) is 15.5. The molecule has 21 heavy (non-hydrogen) atoms. The number of nitrogens with zero attached hydrogens (tertiary/aromatic N) is 1. The molecule has 2 N–H and O–H groups in total. The summed E-state index contributed by atoms with van der Waals surface area (Å²) in [4.78, 5) is 36.8. The van der Waals surface area contributed by atoms with Gasteiger partial charge in [-0.15, -0.1) is 0 Å². The average Bonchev–Trinajstić information content (AvgIpc) is 2.41. The van der Waals surface area contributed by atoms with Crippen molar-refractivity contribution in [1.29, 1.82) is 0 Å². The minimum atomic E-state index is -0.441. The van der Waals surface area contributed by atoms with E-state index in [2.05, 4.69) is 10.2 Å². The number of ether oxygens (including phenoxy) is 1. The maximum absolute atomic E-state index is 12.3. The Kier molecular flexibility index (Phi) is 4.32. The fourth-order valence-corrected chi connectivity index (χ4v) is 2.61. The predicted molar refractivity (Wildman–Crippen MR) is 77.2 cm³/mol. The first-order valence-corrected chi connectivity index (χ1v) is 6.99. The van der Waals surface area contributed by atoms with Gasteiger partial charge in [-0.1, -0.05) is 0 Å². The van der Waals surface area contributed by atoms with Crippen molar-refractivity contribution < 1.29 is 9.53 Å². The topological polar surface area (TPSA) is 95.3 Å². The molecule has 1 aromatic heterocycles. The highest BCUT2D eigenvalue weighted by molar-refractivity contribution is 5.78. The molecule has 1 unspecified atom stereocenters. The van der Waals surface area contributed by atoms with Crippen molar-refractivity contribution in [2.75, 3.05) is 13.7 Å². The Balaban J connectivity index is 2.07. The van der Waals surface area contributed by atoms with Gasteiger partial charge in [0.25, 0.3) is 11.1 Å². The van der Waals surface area contributed by atoms with E-state index in [4.69, 9.17) is 4.74 Å². The molecule has 7 heteroatoms. The van der Waals surface area contributed by atoms with Crippen LogP contribution in [-0.2, 0) is 16.0 Å². The SMILES string of the molecule is CN(C(=O)Cc1cc(=O)[nH][nH]c1=O)C1CCOC(C)(C)C1. The van der Waals surface area contributed by atoms with Crippen molar-refractivity contribution in [1.82, 2.24) is 15.1 Å². The molecule has 1 aromatic rings. The molecule has 1 aliphatic heterocycles. The zero-order valence-electron chi connectivity index (χ0n) is 12.6. The third-order valence-corrected chi connectivity index (χ3v) is 3.85. The summed E-state index contributed by atoms with van der Waals surface area (Å²) >= 11 is 0. The fraction of sp³-hybridized carbons (Fsp3) is 0.643. The van der Waals surface area contributed by atoms with Crippen LogP contribution in [0.4, 0.5) is 0 Å². The van der Waals surface area contributed by atoms with Crippen LogP contribution in [0.1, 0.15) is 32.3 Å². The van der Waals surface area contributed by atoms with Crippen LogP contribution >= 0.6 is 0 Å². The predicted octanol–water partition coefficient (Wildman–Crippen LogP) is 0.0217. The van der Waals surface area contributed by atoms with Gasteiger partial charge in [-0.3, -0.25) is 24.6 Å². The zero-order valence-corrected chi connectivity index (χ0v) is 12.6. The third kappa shape index (κ3) is 3.81. The number of rotatable bonds is 3. The second-order valence-corrected chi connectivity index (χ2v) is 6.05. The highest BCUT2D eigenvalue weighted by Crippen LogP contribution is 2.26. The molecule has 1 atom stereocenters. The molecule has 0 radical (unpaired) electrons. The van der Waals surface area contributed by atoms with E-state index >= 15 is 0 Å². The summed E-state index contributed by atoms with van der Waals surface area (Å²) in [5, 5.41) is 4.40. The zero-order chi connectivity index (χ0) is 15.6. The first-order chi connectivity index (χ1) is 9.78. The van der Waals surface area contributed by atoms with Crippen LogP contribution < -0.4 is 11.1 Å². The van der Waals surface area contributed by atoms with E-state index in [1.54, 1.807) is 11.9 Å². The van der Waals surface area contributed by atoms with E-state index in [0.29, 0.717) is 6.61 Å². The average molecular weight is 295 g/mol. The van der Waals surface area contributed by atoms with Crippen LogP contribution in [0.25, 0.3) is 0 Å². The Hall–Kier alpha value is -1.89. The number of hydrogen-bond donors (Lipinski definition) is 2. The largest absolute Gasteiger partial charge is 0.375 e. The van der Waals surface area contributed by atoms with Gasteiger partial charge in [-0.05, 0) is 26.7 Å². The van der Waals surface area contributed by atoms with Crippen LogP contribution in [0, 0.1) is 0 Å². The molecule has 116 valence electrons. The molecule has 0 spiro atoms. The van der Waals surface area contributed by atoms with Gasteiger partial charge in [0, 0.05) is 31.3 Å². The molecular weight excluding hydrogens is 274 g/mol. The summed E-state index contributed by atoms with van der Waals surface area (Å²) in [6.45, 7) is 4.61. The van der Waals surface area contributed by atoms with Crippen molar-refractivity contribution in [2.24, 2.45) is 0 Å². The summed E-state index contributed by atoms with van der Waals surface area (Å²) in [6, 6.07) is 1.25. The number of aromatic nitrogens is 2. The molecule has 2 heterocycles. The van der Waals surface area contributed by atoms with Crippen LogP contribution in [0.2, 0.25) is 0 Å². The monoisotopic (exact) mass is 295 g/mol. The smallest absolute Gasteiger partial charge is 0.266 e. The van der Waals surface area contributed by atoms with Gasteiger partial charge in [0.2, 0.25) is 5.91 Å². The number of carbonyl (C=O) groups excluding carboxylic acids is 1. The molecule has 0 bridgehead atoms. The standard InChI is InChI=1S/C14H21N3O4/c1-14(2)8-10(4-5-21-14)17(3)12(19)7-9-6-11(18)15-16-13(9)20/h6,10H,4-5,7-8H2,1-3H3,(H,15,18)(H,16,20). The molecule has 1 amide bonds. The van der Waals surface area contributed by atoms with Crippen molar-refractivity contribution in [2.45, 2.75) is 44.8 Å². The maximum atomic E-state index is 12.3. The van der Waals surface area contributed by atoms with E-state index < -0.39 is 11.1 Å². The van der Waals surface area contributed by atoms with E-state index in [0.717, 1.165) is 12.8 Å². The fourth-order valence-electron chi connectivity index (χ4n) is 2.61. The van der Waals surface area contributed by atoms with Crippen LogP contribution in [0.15, 0.2) is 15.7 Å². The normalized spacial score (nSPS) is 21.0. The first-order valence-electron chi connectivity index (χ1n) is 6.99. The quantitative estimate of drug-likeness (QED) is 0.822. The number of H-pyrrole nitrogens is 2. The number of aromatic amines is 2. The maximum Gasteiger partial charge on any atom is 0.266 e. The van der Waals surface area contributed by atoms with Gasteiger partial charge in [0.1, 0.15) is 0 Å². The Bertz CT molecular complexity index is 632. The van der Waals surface area contributed by atoms with E-state index in [9.17, 15) is 14.4 Å². The lowest BCUT2D eigenvalue weighted by Crippen LogP contribution is -2.47. The Morgan fingerprint density at radius 3 is 2.81 bits per heavy atom. The van der Waals surface area contributed by atoms with Crippen LogP contribution in [0.5, 0.6) is 0 Å². The Morgan fingerprint density at radius 2 is 2.14 bits per heavy atom. The second kappa shape index (κ2) is 5.85. The Morgan fingerprint density at radius 1 is 1.43 bits per heavy atom. The van der Waals surface area contributed by atoms with Gasteiger partial charge in [-0.2, -0.15) is 0 Å². The molecule has 0 aliphatic carbocycles. The van der Waals surface area contributed by atoms with Gasteiger partial charge in [0.05, 0.1) is 12.0 Å². The lowest BCUT2D eigenvalue weighted by molar-refractivity contribution is -0.137. The van der Waals surface area contributed by atoms with E-state index in [-0.39, 0.29) is 29.5 Å². The van der Waals surface area contributed by atoms with Gasteiger partial charge < -0.3 is 9.64 Å². The minimum absolute atomic E-state index is 0.0759. The Labute approximate surface area is 122 Å². The number of amides is 1. The third-order valence-electron chi connectivity index (χ3n) is 3.85. The highest BCUT2D eigenvalue weighted by atomic mass is 16.5. The summed E-state index contributed by atoms with van der Waals surface area (Å²) in [5.41, 5.74) is -0.934. The van der Waals surface area contributed by atoms with Gasteiger partial charge >= 0.3 is 0 Å². The number of likely N-dealkylation sites (N-methyl/N-ethyl adjacent to an activating group) is 1. The molecule has 1 fully saturated rings. The highest BCUT2D eigenvalue weighted by Gasteiger charge is 2.32. The van der Waals surface area contributed by atoms with Gasteiger partial charge in [-0.25, -0.2) is 0 Å². The van der Waals surface area contributed by atoms with Crippen LogP contribution in [0.3, 0.4) is 0 Å². The van der Waals surface area contributed by atoms with E-state index in [1.165, 1.54) is 6.07 Å². The van der Waals surface area contributed by atoms with Crippen molar-refractivity contribution in [3.05, 3.63) is 32.3 Å². The van der Waals surface area contributed by atoms with Crippen molar-refractivity contribution in [3.8, 4) is 0 Å². The summed E-state index contributed by atoms with van der Waals surface area (Å²) in [6.07, 6.45) is 1.45. The minimum Gasteiger partial charge on any atom is -0.375 e. The summed E-state index contributed by atoms with van der Waals surface area (Å²) < 4.78 is 5.64. The van der Waals surface area contributed by atoms with Crippen LogP contribution in [-0.4, -0.2) is 46.3 Å². The molecule has 1 saturated heterocycles.